The molecule has 0 radical (unpaired) electrons. The Morgan fingerprint density at radius 2 is 2.06 bits per heavy atom. The lowest BCUT2D eigenvalue weighted by molar-refractivity contribution is 0.419. The van der Waals surface area contributed by atoms with Gasteiger partial charge in [-0.05, 0) is 26.0 Å². The molecule has 4 heteroatoms. The molecule has 0 aliphatic carbocycles. The van der Waals surface area contributed by atoms with Gasteiger partial charge in [0.1, 0.15) is 11.6 Å². The quantitative estimate of drug-likeness (QED) is 0.789. The highest BCUT2D eigenvalue weighted by molar-refractivity contribution is 5.49. The van der Waals surface area contributed by atoms with E-state index in [2.05, 4.69) is 5.32 Å². The van der Waals surface area contributed by atoms with Crippen molar-refractivity contribution in [2.45, 2.75) is 25.9 Å². The zero-order valence-corrected chi connectivity index (χ0v) is 9.50. The van der Waals surface area contributed by atoms with Crippen LogP contribution in [0, 0.1) is 11.6 Å². The number of nitrogens with one attached hydrogen (secondary N) is 1. The Morgan fingerprint density at radius 1 is 1.31 bits per heavy atom. The lowest BCUT2D eigenvalue weighted by atomic mass is 10.1. The molecule has 1 aromatic rings. The lowest BCUT2D eigenvalue weighted by Gasteiger charge is -2.39. The second kappa shape index (κ2) is 4.37. The van der Waals surface area contributed by atoms with Gasteiger partial charge >= 0.3 is 0 Å². The molecule has 1 aliphatic heterocycles. The van der Waals surface area contributed by atoms with Crippen molar-refractivity contribution in [1.29, 1.82) is 0 Å². The highest BCUT2D eigenvalue weighted by Gasteiger charge is 2.24. The number of rotatable bonds is 1. The first-order valence-corrected chi connectivity index (χ1v) is 5.53. The van der Waals surface area contributed by atoms with Gasteiger partial charge in [-0.1, -0.05) is 0 Å². The smallest absolute Gasteiger partial charge is 0.146 e. The fraction of sp³-hybridized carbons (Fsp3) is 0.500. The molecular formula is C12H16F2N2. The molecule has 16 heavy (non-hydrogen) atoms. The largest absolute Gasteiger partial charge is 0.364 e. The minimum atomic E-state index is -0.394. The molecule has 2 unspecified atom stereocenters. The Morgan fingerprint density at radius 3 is 2.81 bits per heavy atom. The monoisotopic (exact) mass is 226 g/mol. The first kappa shape index (κ1) is 11.3. The number of hydrogen-bond donors (Lipinski definition) is 1. The van der Waals surface area contributed by atoms with E-state index in [0.29, 0.717) is 18.3 Å². The van der Waals surface area contributed by atoms with Crippen molar-refractivity contribution in [3.8, 4) is 0 Å². The molecule has 1 aliphatic rings. The van der Waals surface area contributed by atoms with Gasteiger partial charge in [-0.25, -0.2) is 8.78 Å². The van der Waals surface area contributed by atoms with Gasteiger partial charge in [0.05, 0.1) is 5.69 Å². The predicted molar refractivity (Wildman–Crippen MR) is 60.6 cm³/mol. The van der Waals surface area contributed by atoms with Crippen molar-refractivity contribution in [1.82, 2.24) is 5.32 Å². The van der Waals surface area contributed by atoms with Gasteiger partial charge < -0.3 is 10.2 Å². The van der Waals surface area contributed by atoms with Gasteiger partial charge in [0.25, 0.3) is 0 Å². The number of hydrogen-bond acceptors (Lipinski definition) is 2. The van der Waals surface area contributed by atoms with Gasteiger partial charge in [-0.15, -0.1) is 0 Å². The summed E-state index contributed by atoms with van der Waals surface area (Å²) in [6.45, 7) is 5.53. The summed E-state index contributed by atoms with van der Waals surface area (Å²) >= 11 is 0. The second-order valence-corrected chi connectivity index (χ2v) is 4.41. The summed E-state index contributed by atoms with van der Waals surface area (Å²) in [4.78, 5) is 1.92. The zero-order chi connectivity index (χ0) is 11.7. The van der Waals surface area contributed by atoms with Crippen LogP contribution in [0.3, 0.4) is 0 Å². The maximum atomic E-state index is 13.6. The Balaban J connectivity index is 2.30. The van der Waals surface area contributed by atoms with E-state index in [9.17, 15) is 8.78 Å². The fourth-order valence-corrected chi connectivity index (χ4v) is 2.06. The van der Waals surface area contributed by atoms with E-state index in [1.807, 2.05) is 18.7 Å². The molecule has 88 valence electrons. The molecule has 1 aromatic carbocycles. The molecule has 2 atom stereocenters. The molecule has 0 bridgehead atoms. The summed E-state index contributed by atoms with van der Waals surface area (Å²) in [5.41, 5.74) is 0.362. The number of nitrogens with zero attached hydrogens (tertiary/aromatic N) is 1. The average Bonchev–Trinajstić information content (AvgIpc) is 2.25. The average molecular weight is 226 g/mol. The lowest BCUT2D eigenvalue weighted by Crippen LogP contribution is -2.54. The van der Waals surface area contributed by atoms with Gasteiger partial charge in [0.15, 0.2) is 0 Å². The topological polar surface area (TPSA) is 15.3 Å². The molecule has 1 N–H and O–H groups in total. The first-order chi connectivity index (χ1) is 7.58. The summed E-state index contributed by atoms with van der Waals surface area (Å²) in [5.74, 6) is -0.753. The van der Waals surface area contributed by atoms with E-state index in [1.54, 1.807) is 0 Å². The van der Waals surface area contributed by atoms with Crippen molar-refractivity contribution >= 4 is 5.69 Å². The van der Waals surface area contributed by atoms with Crippen LogP contribution >= 0.6 is 0 Å². The van der Waals surface area contributed by atoms with Crippen LogP contribution in [-0.4, -0.2) is 25.2 Å². The Bertz CT molecular complexity index is 381. The van der Waals surface area contributed by atoms with Crippen molar-refractivity contribution in [2.75, 3.05) is 18.0 Å². The number of piperazine rings is 1. The molecule has 0 aromatic heterocycles. The minimum absolute atomic E-state index is 0.174. The van der Waals surface area contributed by atoms with Crippen LogP contribution in [0.2, 0.25) is 0 Å². The third-order valence-electron chi connectivity index (χ3n) is 2.98. The predicted octanol–water partition coefficient (Wildman–Crippen LogP) is 2.15. The van der Waals surface area contributed by atoms with E-state index in [1.165, 1.54) is 12.1 Å². The van der Waals surface area contributed by atoms with Crippen LogP contribution in [0.25, 0.3) is 0 Å². The standard InChI is InChI=1S/C12H16F2N2/c1-8-7-16(9(2)6-15-8)12-5-10(13)3-4-11(12)14/h3-5,8-9,15H,6-7H2,1-2H3. The van der Waals surface area contributed by atoms with Crippen LogP contribution in [0.4, 0.5) is 14.5 Å². The van der Waals surface area contributed by atoms with E-state index >= 15 is 0 Å². The fourth-order valence-electron chi connectivity index (χ4n) is 2.06. The molecule has 0 amide bonds. The van der Waals surface area contributed by atoms with Crippen LogP contribution in [0.15, 0.2) is 18.2 Å². The Labute approximate surface area is 94.3 Å². The molecule has 0 spiro atoms. The van der Waals surface area contributed by atoms with Crippen molar-refractivity contribution in [3.63, 3.8) is 0 Å². The third kappa shape index (κ3) is 2.16. The van der Waals surface area contributed by atoms with Crippen molar-refractivity contribution < 1.29 is 8.78 Å². The molecule has 1 fully saturated rings. The summed E-state index contributed by atoms with van der Waals surface area (Å²) in [5, 5.41) is 3.31. The number of benzene rings is 1. The molecule has 1 saturated heterocycles. The van der Waals surface area contributed by atoms with Crippen LogP contribution in [0.1, 0.15) is 13.8 Å². The second-order valence-electron chi connectivity index (χ2n) is 4.41. The van der Waals surface area contributed by atoms with Gasteiger partial charge in [-0.2, -0.15) is 0 Å². The molecule has 1 heterocycles. The minimum Gasteiger partial charge on any atom is -0.364 e. The third-order valence-corrected chi connectivity index (χ3v) is 2.98. The Kier molecular flexibility index (Phi) is 3.10. The highest BCUT2D eigenvalue weighted by atomic mass is 19.1. The van der Waals surface area contributed by atoms with E-state index in [4.69, 9.17) is 0 Å². The summed E-state index contributed by atoms with van der Waals surface area (Å²) in [7, 11) is 0. The summed E-state index contributed by atoms with van der Waals surface area (Å²) in [6, 6.07) is 4.06. The highest BCUT2D eigenvalue weighted by Crippen LogP contribution is 2.24. The Hall–Kier alpha value is -1.16. The van der Waals surface area contributed by atoms with E-state index in [-0.39, 0.29) is 11.9 Å². The van der Waals surface area contributed by atoms with Crippen molar-refractivity contribution in [3.05, 3.63) is 29.8 Å². The molecule has 2 rings (SSSR count). The zero-order valence-electron chi connectivity index (χ0n) is 9.50. The van der Waals surface area contributed by atoms with Crippen LogP contribution < -0.4 is 10.2 Å². The van der Waals surface area contributed by atoms with Crippen LogP contribution in [-0.2, 0) is 0 Å². The maximum Gasteiger partial charge on any atom is 0.146 e. The molecular weight excluding hydrogens is 210 g/mol. The van der Waals surface area contributed by atoms with E-state index in [0.717, 1.165) is 12.6 Å². The number of anilines is 1. The van der Waals surface area contributed by atoms with Gasteiger partial charge in [-0.3, -0.25) is 0 Å². The van der Waals surface area contributed by atoms with Crippen LogP contribution in [0.5, 0.6) is 0 Å². The SMILES string of the molecule is CC1CN(c2cc(F)ccc2F)C(C)CN1. The van der Waals surface area contributed by atoms with E-state index < -0.39 is 5.82 Å². The molecule has 2 nitrogen and oxygen atoms in total. The van der Waals surface area contributed by atoms with Gasteiger partial charge in [0, 0.05) is 31.2 Å². The number of halogens is 2. The summed E-state index contributed by atoms with van der Waals surface area (Å²) < 4.78 is 26.7. The molecule has 0 saturated carbocycles. The van der Waals surface area contributed by atoms with Crippen molar-refractivity contribution in [2.24, 2.45) is 0 Å². The first-order valence-electron chi connectivity index (χ1n) is 5.53. The maximum absolute atomic E-state index is 13.6. The summed E-state index contributed by atoms with van der Waals surface area (Å²) in [6.07, 6.45) is 0. The van der Waals surface area contributed by atoms with Gasteiger partial charge in [0.2, 0.25) is 0 Å². The normalized spacial score (nSPS) is 25.9.